The largest absolute Gasteiger partial charge is 0.497 e. The molecule has 0 saturated heterocycles. The summed E-state index contributed by atoms with van der Waals surface area (Å²) in [6.45, 7) is 0. The van der Waals surface area contributed by atoms with E-state index in [4.69, 9.17) is 10.5 Å². The summed E-state index contributed by atoms with van der Waals surface area (Å²) in [5.74, 6) is -2.46. The van der Waals surface area contributed by atoms with Gasteiger partial charge in [-0.1, -0.05) is 12.1 Å². The molecule has 3 nitrogen and oxygen atoms in total. The van der Waals surface area contributed by atoms with Crippen LogP contribution in [0.2, 0.25) is 0 Å². The molecule has 2 rings (SSSR count). The predicted octanol–water partition coefficient (Wildman–Crippen LogP) is 2.74. The normalized spacial score (nSPS) is 10.3. The molecule has 0 bridgehead atoms. The first-order valence-electron chi connectivity index (χ1n) is 5.46. The quantitative estimate of drug-likeness (QED) is 0.925. The molecule has 2 aromatic rings. The SMILES string of the molecule is COc1cccc(-c2cc(C(N)=O)cc(F)c2F)c1. The van der Waals surface area contributed by atoms with Gasteiger partial charge in [-0.3, -0.25) is 4.79 Å². The van der Waals surface area contributed by atoms with Gasteiger partial charge in [-0.25, -0.2) is 8.78 Å². The molecule has 0 aromatic heterocycles. The Morgan fingerprint density at radius 3 is 2.58 bits per heavy atom. The fourth-order valence-corrected chi connectivity index (χ4v) is 1.73. The zero-order valence-electron chi connectivity index (χ0n) is 10.1. The monoisotopic (exact) mass is 263 g/mol. The van der Waals surface area contributed by atoms with Gasteiger partial charge in [-0.05, 0) is 29.8 Å². The summed E-state index contributed by atoms with van der Waals surface area (Å²) in [5.41, 5.74) is 5.36. The molecule has 0 heterocycles. The van der Waals surface area contributed by atoms with Crippen molar-refractivity contribution in [3.05, 3.63) is 53.6 Å². The molecule has 0 atom stereocenters. The summed E-state index contributed by atoms with van der Waals surface area (Å²) in [5, 5.41) is 0. The van der Waals surface area contributed by atoms with Crippen LogP contribution in [0.5, 0.6) is 5.75 Å². The van der Waals surface area contributed by atoms with E-state index in [0.717, 1.165) is 6.07 Å². The maximum atomic E-state index is 13.8. The van der Waals surface area contributed by atoms with Crippen molar-refractivity contribution in [2.24, 2.45) is 5.73 Å². The van der Waals surface area contributed by atoms with Crippen LogP contribution in [0.15, 0.2) is 36.4 Å². The van der Waals surface area contributed by atoms with Gasteiger partial charge in [0.25, 0.3) is 0 Å². The van der Waals surface area contributed by atoms with E-state index in [-0.39, 0.29) is 11.1 Å². The molecule has 0 unspecified atom stereocenters. The van der Waals surface area contributed by atoms with Crippen molar-refractivity contribution in [1.82, 2.24) is 0 Å². The fraction of sp³-hybridized carbons (Fsp3) is 0.0714. The summed E-state index contributed by atoms with van der Waals surface area (Å²) in [6, 6.07) is 8.45. The van der Waals surface area contributed by atoms with Crippen LogP contribution in [-0.2, 0) is 0 Å². The molecule has 2 N–H and O–H groups in total. The van der Waals surface area contributed by atoms with Crippen LogP contribution >= 0.6 is 0 Å². The van der Waals surface area contributed by atoms with Crippen molar-refractivity contribution >= 4 is 5.91 Å². The van der Waals surface area contributed by atoms with E-state index in [2.05, 4.69) is 0 Å². The molecule has 0 radical (unpaired) electrons. The molecule has 0 saturated carbocycles. The molecule has 0 aliphatic rings. The fourth-order valence-electron chi connectivity index (χ4n) is 1.73. The average Bonchev–Trinajstić information content (AvgIpc) is 2.41. The highest BCUT2D eigenvalue weighted by Gasteiger charge is 2.15. The molecule has 1 amide bonds. The number of amides is 1. The summed E-state index contributed by atoms with van der Waals surface area (Å²) in [4.78, 5) is 11.1. The number of nitrogens with two attached hydrogens (primary N) is 1. The molecule has 0 fully saturated rings. The van der Waals surface area contributed by atoms with Crippen LogP contribution in [0.1, 0.15) is 10.4 Å². The number of methoxy groups -OCH3 is 1. The van der Waals surface area contributed by atoms with Gasteiger partial charge in [-0.15, -0.1) is 0 Å². The summed E-state index contributed by atoms with van der Waals surface area (Å²) in [7, 11) is 1.47. The lowest BCUT2D eigenvalue weighted by Crippen LogP contribution is -2.12. The number of carbonyl (C=O) groups excluding carboxylic acids is 1. The summed E-state index contributed by atoms with van der Waals surface area (Å²) < 4.78 is 32.3. The Morgan fingerprint density at radius 2 is 1.95 bits per heavy atom. The molecule has 98 valence electrons. The number of hydrogen-bond acceptors (Lipinski definition) is 2. The molecule has 0 aliphatic heterocycles. The highest BCUT2D eigenvalue weighted by molar-refractivity contribution is 5.94. The minimum Gasteiger partial charge on any atom is -0.497 e. The zero-order valence-corrected chi connectivity index (χ0v) is 10.1. The number of rotatable bonds is 3. The minimum absolute atomic E-state index is 0.0345. The van der Waals surface area contributed by atoms with Crippen LogP contribution in [0.4, 0.5) is 8.78 Å². The number of ether oxygens (including phenoxy) is 1. The number of halogens is 2. The Morgan fingerprint density at radius 1 is 1.21 bits per heavy atom. The summed E-state index contributed by atoms with van der Waals surface area (Å²) >= 11 is 0. The Kier molecular flexibility index (Phi) is 3.46. The molecular weight excluding hydrogens is 252 g/mol. The Bertz CT molecular complexity index is 641. The lowest BCUT2D eigenvalue weighted by molar-refractivity contribution is 0.1000. The van der Waals surface area contributed by atoms with Gasteiger partial charge in [0.05, 0.1) is 7.11 Å². The van der Waals surface area contributed by atoms with Crippen molar-refractivity contribution in [3.63, 3.8) is 0 Å². The second-order valence-corrected chi connectivity index (χ2v) is 3.92. The van der Waals surface area contributed by atoms with Crippen molar-refractivity contribution in [3.8, 4) is 16.9 Å². The lowest BCUT2D eigenvalue weighted by Gasteiger charge is -2.08. The second-order valence-electron chi connectivity index (χ2n) is 3.92. The third-order valence-corrected chi connectivity index (χ3v) is 2.69. The molecule has 0 spiro atoms. The first-order valence-corrected chi connectivity index (χ1v) is 5.46. The smallest absolute Gasteiger partial charge is 0.248 e. The van der Waals surface area contributed by atoms with Gasteiger partial charge in [0.15, 0.2) is 11.6 Å². The van der Waals surface area contributed by atoms with E-state index >= 15 is 0 Å². The van der Waals surface area contributed by atoms with Crippen molar-refractivity contribution in [1.29, 1.82) is 0 Å². The van der Waals surface area contributed by atoms with Crippen molar-refractivity contribution in [2.45, 2.75) is 0 Å². The van der Waals surface area contributed by atoms with Gasteiger partial charge in [-0.2, -0.15) is 0 Å². The average molecular weight is 263 g/mol. The third-order valence-electron chi connectivity index (χ3n) is 2.69. The first-order chi connectivity index (χ1) is 9.02. The van der Waals surface area contributed by atoms with Gasteiger partial charge >= 0.3 is 0 Å². The van der Waals surface area contributed by atoms with E-state index < -0.39 is 17.5 Å². The Hall–Kier alpha value is -2.43. The van der Waals surface area contributed by atoms with E-state index in [9.17, 15) is 13.6 Å². The second kappa shape index (κ2) is 5.06. The topological polar surface area (TPSA) is 52.3 Å². The van der Waals surface area contributed by atoms with E-state index in [1.165, 1.54) is 13.2 Å². The minimum atomic E-state index is -1.12. The van der Waals surface area contributed by atoms with Crippen LogP contribution in [0.25, 0.3) is 11.1 Å². The zero-order chi connectivity index (χ0) is 14.0. The van der Waals surface area contributed by atoms with Crippen molar-refractivity contribution < 1.29 is 18.3 Å². The maximum absolute atomic E-state index is 13.8. The van der Waals surface area contributed by atoms with E-state index in [0.29, 0.717) is 11.3 Å². The predicted molar refractivity (Wildman–Crippen MR) is 66.9 cm³/mol. The van der Waals surface area contributed by atoms with Gasteiger partial charge in [0.1, 0.15) is 5.75 Å². The van der Waals surface area contributed by atoms with Crippen LogP contribution in [-0.4, -0.2) is 13.0 Å². The molecule has 5 heteroatoms. The van der Waals surface area contributed by atoms with E-state index in [1.54, 1.807) is 24.3 Å². The van der Waals surface area contributed by atoms with Gasteiger partial charge in [0, 0.05) is 11.1 Å². The highest BCUT2D eigenvalue weighted by atomic mass is 19.2. The Balaban J connectivity index is 2.63. The van der Waals surface area contributed by atoms with Crippen LogP contribution in [0, 0.1) is 11.6 Å². The molecule has 19 heavy (non-hydrogen) atoms. The molecule has 2 aromatic carbocycles. The standard InChI is InChI=1S/C14H11F2NO2/c1-19-10-4-2-3-8(5-10)11-6-9(14(17)18)7-12(15)13(11)16/h2-7H,1H3,(H2,17,18). The van der Waals surface area contributed by atoms with Crippen LogP contribution in [0.3, 0.4) is 0 Å². The number of carbonyl (C=O) groups is 1. The maximum Gasteiger partial charge on any atom is 0.248 e. The van der Waals surface area contributed by atoms with Gasteiger partial charge in [0.2, 0.25) is 5.91 Å². The Labute approximate surface area is 108 Å². The van der Waals surface area contributed by atoms with Crippen LogP contribution < -0.4 is 10.5 Å². The number of benzene rings is 2. The molecular formula is C14H11F2NO2. The third kappa shape index (κ3) is 2.54. The number of primary amides is 1. The van der Waals surface area contributed by atoms with E-state index in [1.807, 2.05) is 0 Å². The number of hydrogen-bond donors (Lipinski definition) is 1. The summed E-state index contributed by atoms with van der Waals surface area (Å²) in [6.07, 6.45) is 0. The van der Waals surface area contributed by atoms with Gasteiger partial charge < -0.3 is 10.5 Å². The van der Waals surface area contributed by atoms with Crippen molar-refractivity contribution in [2.75, 3.05) is 7.11 Å². The highest BCUT2D eigenvalue weighted by Crippen LogP contribution is 2.28. The molecule has 0 aliphatic carbocycles. The first kappa shape index (κ1) is 13.0. The lowest BCUT2D eigenvalue weighted by atomic mass is 10.0.